The number of nitrogens with zero attached hydrogens (tertiary/aromatic N) is 2. The average Bonchev–Trinajstić information content (AvgIpc) is 3.18. The van der Waals surface area contributed by atoms with Crippen molar-refractivity contribution in [2.75, 3.05) is 0 Å². The molecule has 162 valence electrons. The van der Waals surface area contributed by atoms with Gasteiger partial charge in [0.1, 0.15) is 23.8 Å². The topological polar surface area (TPSA) is 103 Å². The molecule has 2 aliphatic carbocycles. The van der Waals surface area contributed by atoms with Gasteiger partial charge in [0.15, 0.2) is 11.2 Å². The largest absolute Gasteiger partial charge is 0.480 e. The first-order chi connectivity index (χ1) is 15.3. The summed E-state index contributed by atoms with van der Waals surface area (Å²) in [7, 11) is 0. The fourth-order valence-corrected chi connectivity index (χ4v) is 6.02. The first-order valence-electron chi connectivity index (χ1n) is 10.4. The normalized spacial score (nSPS) is 37.1. The van der Waals surface area contributed by atoms with Crippen LogP contribution in [0.3, 0.4) is 0 Å². The Balaban J connectivity index is 1.83. The van der Waals surface area contributed by atoms with Gasteiger partial charge < -0.3 is 19.7 Å². The van der Waals surface area contributed by atoms with Crippen molar-refractivity contribution < 1.29 is 19.7 Å². The number of hydrogen-bond acceptors (Lipinski definition) is 6. The van der Waals surface area contributed by atoms with Crippen molar-refractivity contribution in [3.05, 3.63) is 82.7 Å². The Morgan fingerprint density at radius 2 is 2.09 bits per heavy atom. The zero-order valence-electron chi connectivity index (χ0n) is 17.3. The molecule has 0 amide bonds. The number of hydrogen-bond donors (Lipinski definition) is 2. The second kappa shape index (κ2) is 7.01. The molecule has 0 spiro atoms. The van der Waals surface area contributed by atoms with E-state index >= 15 is 0 Å². The fourth-order valence-electron chi connectivity index (χ4n) is 5.87. The van der Waals surface area contributed by atoms with Gasteiger partial charge >= 0.3 is 0 Å². The van der Waals surface area contributed by atoms with Gasteiger partial charge in [-0.3, -0.25) is 4.98 Å². The van der Waals surface area contributed by atoms with E-state index in [2.05, 4.69) is 11.1 Å². The van der Waals surface area contributed by atoms with E-state index in [4.69, 9.17) is 16.3 Å². The lowest BCUT2D eigenvalue weighted by molar-refractivity contribution is -0.185. The second-order valence-corrected chi connectivity index (χ2v) is 9.31. The highest BCUT2D eigenvalue weighted by Crippen LogP contribution is 2.70. The number of nitriles is 1. The third-order valence-corrected chi connectivity index (χ3v) is 7.51. The summed E-state index contributed by atoms with van der Waals surface area (Å²) in [5.41, 5.74) is -2.96. The first kappa shape index (κ1) is 20.9. The van der Waals surface area contributed by atoms with Crippen LogP contribution >= 0.6 is 11.6 Å². The molecule has 1 unspecified atom stereocenters. The Hall–Kier alpha value is -2.98. The number of pyridine rings is 1. The van der Waals surface area contributed by atoms with Crippen LogP contribution in [0.25, 0.3) is 0 Å². The highest BCUT2D eigenvalue weighted by atomic mass is 35.5. The number of aliphatic hydroxyl groups excluding tert-OH is 1. The predicted octanol–water partition coefficient (Wildman–Crippen LogP) is 3.44. The third-order valence-electron chi connectivity index (χ3n) is 7.30. The van der Waals surface area contributed by atoms with Gasteiger partial charge in [-0.05, 0) is 18.1 Å². The van der Waals surface area contributed by atoms with E-state index in [0.717, 1.165) is 5.56 Å². The molecule has 6 atom stereocenters. The number of halogens is 1. The number of aliphatic hydroxyl groups is 2. The Morgan fingerprint density at radius 3 is 2.72 bits per heavy atom. The lowest BCUT2D eigenvalue weighted by Gasteiger charge is -2.51. The van der Waals surface area contributed by atoms with E-state index in [1.165, 1.54) is 6.20 Å². The van der Waals surface area contributed by atoms with Gasteiger partial charge in [0, 0.05) is 29.2 Å². The van der Waals surface area contributed by atoms with E-state index in [9.17, 15) is 20.3 Å². The maximum atomic E-state index is 12.3. The van der Waals surface area contributed by atoms with Crippen LogP contribution in [0.4, 0.5) is 0 Å². The van der Waals surface area contributed by atoms with Gasteiger partial charge in [0.25, 0.3) is 0 Å². The molecule has 1 fully saturated rings. The van der Waals surface area contributed by atoms with Crippen LogP contribution in [0.2, 0.25) is 5.02 Å². The average molecular weight is 449 g/mol. The molecular formula is C25H21ClN2O4. The van der Waals surface area contributed by atoms with Gasteiger partial charge in [-0.2, -0.15) is 5.26 Å². The quantitative estimate of drug-likeness (QED) is 0.697. The van der Waals surface area contributed by atoms with E-state index in [0.29, 0.717) is 23.3 Å². The number of carbonyl (C=O) groups is 1. The molecular weight excluding hydrogens is 428 g/mol. The highest BCUT2D eigenvalue weighted by Gasteiger charge is 2.80. The molecule has 6 nitrogen and oxygen atoms in total. The molecule has 1 aromatic carbocycles. The van der Waals surface area contributed by atoms with Crippen molar-refractivity contribution in [2.45, 2.75) is 36.6 Å². The Bertz CT molecular complexity index is 1210. The van der Waals surface area contributed by atoms with Crippen molar-refractivity contribution in [2.24, 2.45) is 11.3 Å². The summed E-state index contributed by atoms with van der Waals surface area (Å²) < 4.78 is 6.60. The molecule has 2 heterocycles. The van der Waals surface area contributed by atoms with Gasteiger partial charge in [-0.1, -0.05) is 61.0 Å². The minimum Gasteiger partial charge on any atom is -0.480 e. The minimum atomic E-state index is -1.99. The molecule has 0 bridgehead atoms. The standard InChI is InChI=1S/C25H21ClN2O4/c1-23(9-7-15(12-27)8-10-23)25-20(16-5-3-2-4-6-16)18(14-29)22(30)24(25,31)21-19(32-25)11-17(26)13-28-21/h2-9,11,13-14,18,20,22,30-31H,10H2,1H3/t18-,20-,22-,23?,24+,25-/m1/s1. The van der Waals surface area contributed by atoms with Crippen LogP contribution in [-0.4, -0.2) is 33.2 Å². The Labute approximate surface area is 190 Å². The van der Waals surface area contributed by atoms with Crippen LogP contribution in [0, 0.1) is 22.7 Å². The molecule has 1 saturated carbocycles. The summed E-state index contributed by atoms with van der Waals surface area (Å²) >= 11 is 6.17. The van der Waals surface area contributed by atoms with Crippen molar-refractivity contribution in [1.82, 2.24) is 4.98 Å². The first-order valence-corrected chi connectivity index (χ1v) is 10.8. The van der Waals surface area contributed by atoms with Crippen molar-refractivity contribution >= 4 is 17.9 Å². The summed E-state index contributed by atoms with van der Waals surface area (Å²) in [6, 6.07) is 13.0. The zero-order valence-corrected chi connectivity index (χ0v) is 18.0. The SMILES string of the molecule is CC1([C@@]23Oc4cc(Cl)cnc4[C@]2(O)[C@H](O)[C@H](C=O)[C@H]3c2ccccc2)C=CC(C#N)=CC1. The predicted molar refractivity (Wildman–Crippen MR) is 117 cm³/mol. The number of ether oxygens (including phenoxy) is 1. The minimum absolute atomic E-state index is 0.157. The lowest BCUT2D eigenvalue weighted by Crippen LogP contribution is -2.63. The van der Waals surface area contributed by atoms with E-state index in [1.807, 2.05) is 43.3 Å². The molecule has 2 aromatic rings. The van der Waals surface area contributed by atoms with Crippen LogP contribution in [0.15, 0.2) is 66.4 Å². The van der Waals surface area contributed by atoms with Crippen LogP contribution < -0.4 is 4.74 Å². The fraction of sp³-hybridized carbons (Fsp3) is 0.320. The summed E-state index contributed by atoms with van der Waals surface area (Å²) in [5.74, 6) is -1.37. The molecule has 32 heavy (non-hydrogen) atoms. The maximum Gasteiger partial charge on any atom is 0.178 e. The van der Waals surface area contributed by atoms with Gasteiger partial charge in [0.2, 0.25) is 0 Å². The molecule has 3 aliphatic rings. The summed E-state index contributed by atoms with van der Waals surface area (Å²) in [4.78, 5) is 16.7. The number of aldehydes is 1. The Kier molecular flexibility index (Phi) is 4.58. The molecule has 7 heteroatoms. The number of rotatable bonds is 3. The maximum absolute atomic E-state index is 12.3. The number of aromatic nitrogens is 1. The smallest absolute Gasteiger partial charge is 0.178 e. The van der Waals surface area contributed by atoms with Crippen LogP contribution in [-0.2, 0) is 10.4 Å². The zero-order chi connectivity index (χ0) is 22.7. The van der Waals surface area contributed by atoms with E-state index in [1.54, 1.807) is 18.2 Å². The summed E-state index contributed by atoms with van der Waals surface area (Å²) in [6.07, 6.45) is 6.28. The molecule has 2 N–H and O–H groups in total. The number of allylic oxidation sites excluding steroid dienone is 3. The van der Waals surface area contributed by atoms with Gasteiger partial charge in [-0.15, -0.1) is 0 Å². The molecule has 1 aliphatic heterocycles. The third kappa shape index (κ3) is 2.42. The number of fused-ring (bicyclic) bond motifs is 3. The summed E-state index contributed by atoms with van der Waals surface area (Å²) in [6.45, 7) is 1.91. The van der Waals surface area contributed by atoms with Crippen LogP contribution in [0.1, 0.15) is 30.5 Å². The van der Waals surface area contributed by atoms with Crippen molar-refractivity contribution in [1.29, 1.82) is 5.26 Å². The van der Waals surface area contributed by atoms with E-state index in [-0.39, 0.29) is 11.4 Å². The van der Waals surface area contributed by atoms with E-state index < -0.39 is 34.6 Å². The molecule has 0 radical (unpaired) electrons. The molecule has 0 saturated heterocycles. The lowest BCUT2D eigenvalue weighted by atomic mass is 9.58. The monoisotopic (exact) mass is 448 g/mol. The van der Waals surface area contributed by atoms with Gasteiger partial charge in [-0.25, -0.2) is 0 Å². The second-order valence-electron chi connectivity index (χ2n) is 8.88. The van der Waals surface area contributed by atoms with Crippen molar-refractivity contribution in [3.63, 3.8) is 0 Å². The van der Waals surface area contributed by atoms with Gasteiger partial charge in [0.05, 0.1) is 17.0 Å². The number of benzene rings is 1. The molecule has 1 aromatic heterocycles. The van der Waals surface area contributed by atoms with Crippen LogP contribution in [0.5, 0.6) is 5.75 Å². The van der Waals surface area contributed by atoms with Crippen molar-refractivity contribution in [3.8, 4) is 11.8 Å². The Morgan fingerprint density at radius 1 is 1.34 bits per heavy atom. The highest BCUT2D eigenvalue weighted by molar-refractivity contribution is 6.30. The molecule has 5 rings (SSSR count). The number of carbonyl (C=O) groups excluding carboxylic acids is 1. The summed E-state index contributed by atoms with van der Waals surface area (Å²) in [5, 5.41) is 33.4.